The van der Waals surface area contributed by atoms with Gasteiger partial charge in [-0.3, -0.25) is 9.59 Å². The second-order valence-corrected chi connectivity index (χ2v) is 6.44. The van der Waals surface area contributed by atoms with Gasteiger partial charge in [0.05, 0.1) is 11.6 Å². The molecule has 0 aliphatic heterocycles. The van der Waals surface area contributed by atoms with Crippen LogP contribution in [0.1, 0.15) is 23.7 Å². The summed E-state index contributed by atoms with van der Waals surface area (Å²) in [4.78, 5) is 37.8. The molecule has 0 aromatic heterocycles. The zero-order valence-electron chi connectivity index (χ0n) is 16.4. The van der Waals surface area contributed by atoms with Gasteiger partial charge in [0, 0.05) is 31.2 Å². The van der Waals surface area contributed by atoms with Crippen LogP contribution in [0.3, 0.4) is 0 Å². The van der Waals surface area contributed by atoms with E-state index in [1.807, 2.05) is 31.1 Å². The third-order valence-corrected chi connectivity index (χ3v) is 3.95. The van der Waals surface area contributed by atoms with Gasteiger partial charge in [0.25, 0.3) is 5.91 Å². The van der Waals surface area contributed by atoms with Crippen molar-refractivity contribution in [2.45, 2.75) is 19.4 Å². The molecule has 0 bridgehead atoms. The molecule has 0 heterocycles. The Hall–Kier alpha value is -3.86. The molecule has 2 N–H and O–H groups in total. The number of nitrogens with one attached hydrogen (secondary N) is 2. The van der Waals surface area contributed by atoms with Crippen LogP contribution >= 0.6 is 0 Å². The summed E-state index contributed by atoms with van der Waals surface area (Å²) in [6, 6.07) is 15.0. The number of carbonyl (C=O) groups excluding carboxylic acids is 3. The number of carbonyl (C=O) groups is 3. The second-order valence-electron chi connectivity index (χ2n) is 6.44. The Bertz CT molecular complexity index is 915. The number of esters is 1. The average molecular weight is 394 g/mol. The number of anilines is 3. The normalized spacial score (nSPS) is 11.0. The molecule has 8 nitrogen and oxygen atoms in total. The summed E-state index contributed by atoms with van der Waals surface area (Å²) in [6.45, 7) is 1.48. The van der Waals surface area contributed by atoms with Crippen molar-refractivity contribution in [3.05, 3.63) is 54.1 Å². The number of hydrogen-bond acceptors (Lipinski definition) is 6. The molecule has 2 amide bonds. The van der Waals surface area contributed by atoms with E-state index in [9.17, 15) is 14.4 Å². The quantitative estimate of drug-likeness (QED) is 0.699. The Balaban J connectivity index is 1.91. The van der Waals surface area contributed by atoms with Crippen LogP contribution in [0.15, 0.2) is 48.5 Å². The van der Waals surface area contributed by atoms with Crippen molar-refractivity contribution in [1.29, 1.82) is 5.26 Å². The van der Waals surface area contributed by atoms with Crippen LogP contribution in [0, 0.1) is 11.3 Å². The predicted molar refractivity (Wildman–Crippen MR) is 110 cm³/mol. The SMILES string of the molecule is C[C@@H](OC(=O)c1ccc(NC(=O)CC#N)cc1)C(=O)Nc1ccc(N(C)C)cc1. The van der Waals surface area contributed by atoms with Gasteiger partial charge < -0.3 is 20.3 Å². The molecule has 0 spiro atoms. The molecule has 0 saturated heterocycles. The Morgan fingerprint density at radius 2 is 1.55 bits per heavy atom. The number of benzene rings is 2. The number of ether oxygens (including phenoxy) is 1. The summed E-state index contributed by atoms with van der Waals surface area (Å²) < 4.78 is 5.20. The molecule has 8 heteroatoms. The van der Waals surface area contributed by atoms with E-state index in [4.69, 9.17) is 10.00 Å². The topological polar surface area (TPSA) is 112 Å². The largest absolute Gasteiger partial charge is 0.449 e. The molecule has 0 unspecified atom stereocenters. The predicted octanol–water partition coefficient (Wildman–Crippen LogP) is 2.79. The van der Waals surface area contributed by atoms with Crippen molar-refractivity contribution in [3.8, 4) is 6.07 Å². The molecular formula is C21H22N4O4. The number of amides is 2. The van der Waals surface area contributed by atoms with Gasteiger partial charge >= 0.3 is 5.97 Å². The van der Waals surface area contributed by atoms with E-state index in [-0.39, 0.29) is 12.0 Å². The smallest absolute Gasteiger partial charge is 0.338 e. The van der Waals surface area contributed by atoms with Crippen molar-refractivity contribution in [2.75, 3.05) is 29.6 Å². The lowest BCUT2D eigenvalue weighted by atomic mass is 10.2. The maximum absolute atomic E-state index is 12.3. The number of hydrogen-bond donors (Lipinski definition) is 2. The molecule has 0 aliphatic carbocycles. The first-order chi connectivity index (χ1) is 13.8. The fourth-order valence-corrected chi connectivity index (χ4v) is 2.34. The van der Waals surface area contributed by atoms with E-state index in [0.29, 0.717) is 11.4 Å². The zero-order chi connectivity index (χ0) is 21.4. The van der Waals surface area contributed by atoms with E-state index < -0.39 is 23.9 Å². The summed E-state index contributed by atoms with van der Waals surface area (Å²) in [5, 5.41) is 13.7. The fourth-order valence-electron chi connectivity index (χ4n) is 2.34. The number of nitriles is 1. The number of nitrogens with zero attached hydrogens (tertiary/aromatic N) is 2. The Morgan fingerprint density at radius 1 is 1.00 bits per heavy atom. The van der Waals surface area contributed by atoms with Gasteiger partial charge in [0.1, 0.15) is 6.42 Å². The third-order valence-electron chi connectivity index (χ3n) is 3.95. The Kier molecular flexibility index (Phi) is 7.32. The lowest BCUT2D eigenvalue weighted by Gasteiger charge is -2.15. The van der Waals surface area contributed by atoms with Crippen LogP contribution in [0.4, 0.5) is 17.1 Å². The summed E-state index contributed by atoms with van der Waals surface area (Å²) >= 11 is 0. The van der Waals surface area contributed by atoms with Crippen LogP contribution in [0.2, 0.25) is 0 Å². The van der Waals surface area contributed by atoms with Gasteiger partial charge in [-0.25, -0.2) is 4.79 Å². The van der Waals surface area contributed by atoms with E-state index in [1.54, 1.807) is 18.2 Å². The average Bonchev–Trinajstić information content (AvgIpc) is 2.69. The highest BCUT2D eigenvalue weighted by Crippen LogP contribution is 2.16. The first-order valence-corrected chi connectivity index (χ1v) is 8.86. The van der Waals surface area contributed by atoms with Crippen molar-refractivity contribution < 1.29 is 19.1 Å². The highest BCUT2D eigenvalue weighted by atomic mass is 16.5. The summed E-state index contributed by atoms with van der Waals surface area (Å²) in [5.74, 6) is -1.55. The van der Waals surface area contributed by atoms with E-state index in [2.05, 4.69) is 10.6 Å². The van der Waals surface area contributed by atoms with Crippen molar-refractivity contribution >= 4 is 34.8 Å². The molecule has 0 aliphatic rings. The molecule has 2 rings (SSSR count). The molecule has 0 radical (unpaired) electrons. The molecule has 0 fully saturated rings. The maximum atomic E-state index is 12.3. The lowest BCUT2D eigenvalue weighted by Crippen LogP contribution is -2.30. The first kappa shape index (κ1) is 21.4. The summed E-state index contributed by atoms with van der Waals surface area (Å²) in [5.41, 5.74) is 2.28. The van der Waals surface area contributed by atoms with Crippen LogP contribution < -0.4 is 15.5 Å². The first-order valence-electron chi connectivity index (χ1n) is 8.86. The molecule has 2 aromatic rings. The van der Waals surface area contributed by atoms with Crippen molar-refractivity contribution in [2.24, 2.45) is 0 Å². The van der Waals surface area contributed by atoms with E-state index in [0.717, 1.165) is 5.69 Å². The minimum absolute atomic E-state index is 0.235. The van der Waals surface area contributed by atoms with Crippen molar-refractivity contribution in [1.82, 2.24) is 0 Å². The van der Waals surface area contributed by atoms with Gasteiger partial charge in [-0.05, 0) is 55.5 Å². The van der Waals surface area contributed by atoms with Gasteiger partial charge in [0.2, 0.25) is 5.91 Å². The molecule has 0 saturated carbocycles. The lowest BCUT2D eigenvalue weighted by molar-refractivity contribution is -0.123. The molecule has 29 heavy (non-hydrogen) atoms. The van der Waals surface area contributed by atoms with Crippen LogP contribution in [0.5, 0.6) is 0 Å². The summed E-state index contributed by atoms with van der Waals surface area (Å²) in [6.07, 6.45) is -1.25. The summed E-state index contributed by atoms with van der Waals surface area (Å²) in [7, 11) is 3.84. The molecular weight excluding hydrogens is 372 g/mol. The maximum Gasteiger partial charge on any atom is 0.338 e. The third kappa shape index (κ3) is 6.36. The van der Waals surface area contributed by atoms with E-state index >= 15 is 0 Å². The minimum atomic E-state index is -0.994. The van der Waals surface area contributed by atoms with E-state index in [1.165, 1.54) is 31.2 Å². The molecule has 2 aromatic carbocycles. The second kappa shape index (κ2) is 9.90. The molecule has 150 valence electrons. The van der Waals surface area contributed by atoms with Gasteiger partial charge in [-0.2, -0.15) is 5.26 Å². The Morgan fingerprint density at radius 3 is 2.10 bits per heavy atom. The minimum Gasteiger partial charge on any atom is -0.449 e. The van der Waals surface area contributed by atoms with Gasteiger partial charge in [-0.15, -0.1) is 0 Å². The van der Waals surface area contributed by atoms with Crippen LogP contribution in [-0.4, -0.2) is 38.0 Å². The fraction of sp³-hybridized carbons (Fsp3) is 0.238. The van der Waals surface area contributed by atoms with Gasteiger partial charge in [0.15, 0.2) is 6.10 Å². The zero-order valence-corrected chi connectivity index (χ0v) is 16.4. The van der Waals surface area contributed by atoms with Crippen LogP contribution in [0.25, 0.3) is 0 Å². The molecule has 1 atom stereocenters. The monoisotopic (exact) mass is 394 g/mol. The Labute approximate surface area is 169 Å². The van der Waals surface area contributed by atoms with Gasteiger partial charge in [-0.1, -0.05) is 0 Å². The highest BCUT2D eigenvalue weighted by molar-refractivity contribution is 5.98. The standard InChI is InChI=1S/C21H22N4O4/c1-14(20(27)24-17-8-10-18(11-9-17)25(2)3)29-21(28)15-4-6-16(7-5-15)23-19(26)12-13-22/h4-11,14H,12H2,1-3H3,(H,23,26)(H,24,27)/t14-/m1/s1. The van der Waals surface area contributed by atoms with Crippen LogP contribution in [-0.2, 0) is 14.3 Å². The van der Waals surface area contributed by atoms with Crippen molar-refractivity contribution in [3.63, 3.8) is 0 Å². The highest BCUT2D eigenvalue weighted by Gasteiger charge is 2.19. The number of rotatable bonds is 7.